The Labute approximate surface area is 318 Å². The van der Waals surface area contributed by atoms with Gasteiger partial charge in [-0.2, -0.15) is 0 Å². The minimum absolute atomic E-state index is 0. The van der Waals surface area contributed by atoms with Gasteiger partial charge in [-0.1, -0.05) is 110 Å². The maximum Gasteiger partial charge on any atom is 0.162 e. The fourth-order valence-corrected chi connectivity index (χ4v) is 7.83. The molecule has 0 saturated heterocycles. The molecule has 0 saturated carbocycles. The van der Waals surface area contributed by atoms with Gasteiger partial charge in [-0.25, -0.2) is 4.98 Å². The molecule has 50 heavy (non-hydrogen) atoms. The average molecular weight is 870 g/mol. The van der Waals surface area contributed by atoms with Gasteiger partial charge in [-0.15, -0.1) is 40.5 Å². The van der Waals surface area contributed by atoms with E-state index in [0.717, 1.165) is 59.0 Å². The number of carbonyl (C=O) groups is 1. The molecule has 6 heteroatoms. The normalized spacial score (nSPS) is 12.5. The maximum atomic E-state index is 11.7. The van der Waals surface area contributed by atoms with E-state index >= 15 is 0 Å². The number of allylic oxidation sites excluding steroid dienone is 2. The molecule has 0 aliphatic rings. The first-order valence-corrected chi connectivity index (χ1v) is 18.9. The summed E-state index contributed by atoms with van der Waals surface area (Å²) in [6, 6.07) is 17.4. The van der Waals surface area contributed by atoms with Crippen molar-refractivity contribution in [2.45, 2.75) is 121 Å². The van der Waals surface area contributed by atoms with E-state index in [1.165, 1.54) is 43.8 Å². The number of aliphatic hydroxyl groups excluding tert-OH is 1. The fourth-order valence-electron chi connectivity index (χ4n) is 6.61. The molecule has 0 fully saturated rings. The molecule has 1 N–H and O–H groups in total. The minimum Gasteiger partial charge on any atom is -0.512 e. The molecule has 5 aromatic rings. The van der Waals surface area contributed by atoms with E-state index in [1.54, 1.807) is 17.7 Å². The molecule has 0 amide bonds. The number of aryl methyl sites for hydroxylation is 2. The third-order valence-electron chi connectivity index (χ3n) is 9.68. The van der Waals surface area contributed by atoms with Crippen molar-refractivity contribution in [3.63, 3.8) is 0 Å². The number of rotatable bonds is 9. The third-order valence-corrected chi connectivity index (χ3v) is 10.8. The number of aliphatic hydroxyl groups is 1. The first-order valence-electron chi connectivity index (χ1n) is 18.1. The summed E-state index contributed by atoms with van der Waals surface area (Å²) in [4.78, 5) is 21.2. The number of aromatic nitrogens is 2. The summed E-state index contributed by atoms with van der Waals surface area (Å²) < 4.78 is 2.42. The van der Waals surface area contributed by atoms with Gasteiger partial charge in [0, 0.05) is 58.5 Å². The quantitative estimate of drug-likeness (QED) is 0.0911. The summed E-state index contributed by atoms with van der Waals surface area (Å²) in [6.45, 7) is 26.2. The van der Waals surface area contributed by atoms with Gasteiger partial charge in [-0.05, 0) is 68.4 Å². The molecule has 0 bridgehead atoms. The summed E-state index contributed by atoms with van der Waals surface area (Å²) in [5, 5.41) is 13.4. The number of carbonyl (C=O) groups excluding carboxylic acids is 1. The number of ketones is 1. The van der Waals surface area contributed by atoms with E-state index < -0.39 is 0 Å². The van der Waals surface area contributed by atoms with Crippen molar-refractivity contribution >= 4 is 48.2 Å². The van der Waals surface area contributed by atoms with Crippen LogP contribution in [0.1, 0.15) is 117 Å². The number of fused-ring (bicyclic) bond motifs is 4. The van der Waals surface area contributed by atoms with Gasteiger partial charge in [0.2, 0.25) is 0 Å². The van der Waals surface area contributed by atoms with Gasteiger partial charge >= 0.3 is 0 Å². The molecular weight excluding hydrogens is 813 g/mol. The van der Waals surface area contributed by atoms with Crippen LogP contribution in [0.3, 0.4) is 0 Å². The monoisotopic (exact) mass is 870 g/mol. The second-order valence-corrected chi connectivity index (χ2v) is 16.9. The number of hydrogen-bond acceptors (Lipinski definition) is 5. The second kappa shape index (κ2) is 17.1. The van der Waals surface area contributed by atoms with Crippen molar-refractivity contribution < 1.29 is 30.0 Å². The van der Waals surface area contributed by atoms with Gasteiger partial charge in [0.15, 0.2) is 5.78 Å². The topological polar surface area (TPSA) is 63.1 Å². The van der Waals surface area contributed by atoms with Gasteiger partial charge in [0.05, 0.1) is 11.3 Å². The van der Waals surface area contributed by atoms with Crippen LogP contribution in [0.15, 0.2) is 54.6 Å². The Hall–Kier alpha value is -2.92. The third kappa shape index (κ3) is 9.69. The first-order chi connectivity index (χ1) is 23.0. The molecule has 271 valence electrons. The van der Waals surface area contributed by atoms with E-state index in [0.29, 0.717) is 0 Å². The minimum atomic E-state index is 0. The van der Waals surface area contributed by atoms with Crippen LogP contribution in [0.2, 0.25) is 0 Å². The smallest absolute Gasteiger partial charge is 0.162 e. The van der Waals surface area contributed by atoms with Gasteiger partial charge in [-0.3, -0.25) is 9.78 Å². The zero-order valence-corrected chi connectivity index (χ0v) is 35.5. The van der Waals surface area contributed by atoms with Crippen molar-refractivity contribution in [1.29, 1.82) is 0 Å². The molecule has 2 heterocycles. The maximum absolute atomic E-state index is 11.7. The number of nitrogens with zero attached hydrogens (tertiary/aromatic N) is 2. The first kappa shape index (κ1) is 41.5. The van der Waals surface area contributed by atoms with Gasteiger partial charge < -0.3 is 5.11 Å². The van der Waals surface area contributed by atoms with Crippen LogP contribution in [-0.4, -0.2) is 20.9 Å². The van der Waals surface area contributed by atoms with Gasteiger partial charge in [0.25, 0.3) is 0 Å². The molecular formula is C44H57IrN2O2S-. The Morgan fingerprint density at radius 2 is 1.48 bits per heavy atom. The fraction of sp³-hybridized carbons (Fsp3) is 0.477. The Kier molecular flexibility index (Phi) is 14.2. The second-order valence-electron chi connectivity index (χ2n) is 15.9. The van der Waals surface area contributed by atoms with E-state index in [2.05, 4.69) is 97.9 Å². The van der Waals surface area contributed by atoms with E-state index in [4.69, 9.17) is 9.97 Å². The van der Waals surface area contributed by atoms with Gasteiger partial charge in [0.1, 0.15) is 6.33 Å². The summed E-state index contributed by atoms with van der Waals surface area (Å²) in [5.74, 6) is 0.547. The van der Waals surface area contributed by atoms with Crippen molar-refractivity contribution in [2.24, 2.45) is 17.3 Å². The van der Waals surface area contributed by atoms with Crippen LogP contribution in [0.5, 0.6) is 0 Å². The molecule has 4 nitrogen and oxygen atoms in total. The Bertz CT molecular complexity index is 1970. The molecule has 0 aliphatic carbocycles. The molecule has 0 unspecified atom stereocenters. The molecule has 5 rings (SSSR count). The predicted octanol–water partition coefficient (Wildman–Crippen LogP) is 12.8. The average Bonchev–Trinajstić information content (AvgIpc) is 3.39. The van der Waals surface area contributed by atoms with Crippen molar-refractivity contribution in [3.05, 3.63) is 82.9 Å². The summed E-state index contributed by atoms with van der Waals surface area (Å²) >= 11 is 1.80. The van der Waals surface area contributed by atoms with Crippen LogP contribution < -0.4 is 0 Å². The zero-order chi connectivity index (χ0) is 36.3. The molecule has 2 aromatic heterocycles. The Morgan fingerprint density at radius 3 is 2.06 bits per heavy atom. The summed E-state index contributed by atoms with van der Waals surface area (Å²) in [5.41, 5.74) is 8.66. The summed E-state index contributed by atoms with van der Waals surface area (Å²) in [7, 11) is 0. The molecule has 1 radical (unpaired) electrons. The van der Waals surface area contributed by atoms with Crippen LogP contribution >= 0.6 is 11.3 Å². The standard InChI is InChI=1S/C31H33N2S.C13H24O2.Ir/c1-18-11-21-14-22(15-25(31(6,7)8)24(21)12-19(18)2)27-29-28(33-17-32-27)23-10-9-20(13-26(23)34-29)16-30(3,4)5;1-5-10(6-2)12(14)9-13(15)11(7-3)8-4;/h9-13,15,17H,16H2,1-8H3;9-11,14H,5-8H2,1-4H3;/q-1;;/b;12-9-;. The molecule has 0 aliphatic heterocycles. The molecule has 3 aromatic carbocycles. The van der Waals surface area contributed by atoms with Crippen LogP contribution in [-0.2, 0) is 36.7 Å². The largest absolute Gasteiger partial charge is 0.512 e. The zero-order valence-electron chi connectivity index (χ0n) is 32.3. The number of benzene rings is 3. The molecule has 0 atom stereocenters. The van der Waals surface area contributed by atoms with E-state index in [-0.39, 0.29) is 54.3 Å². The number of thiophene rings is 1. The van der Waals surface area contributed by atoms with E-state index in [1.807, 2.05) is 27.7 Å². The Morgan fingerprint density at radius 1 is 0.860 bits per heavy atom. The molecule has 0 spiro atoms. The SMILES string of the molecule is CCC(CC)C(=O)/C=C(\O)C(CC)CC.Cc1cc2[c-]c(-c3ncnc4c3sc3cc(CC(C)(C)C)ccc34)cc(C(C)(C)C)c2cc1C.[Ir]. The van der Waals surface area contributed by atoms with E-state index in [9.17, 15) is 9.90 Å². The van der Waals surface area contributed by atoms with Crippen LogP contribution in [0.4, 0.5) is 0 Å². The van der Waals surface area contributed by atoms with Crippen molar-refractivity contribution in [2.75, 3.05) is 0 Å². The van der Waals surface area contributed by atoms with Crippen LogP contribution in [0.25, 0.3) is 42.3 Å². The van der Waals surface area contributed by atoms with Crippen molar-refractivity contribution in [1.82, 2.24) is 9.97 Å². The van der Waals surface area contributed by atoms with Crippen molar-refractivity contribution in [3.8, 4) is 11.3 Å². The summed E-state index contributed by atoms with van der Waals surface area (Å²) in [6.07, 6.45) is 7.67. The Balaban J connectivity index is 0.000000361. The van der Waals surface area contributed by atoms with Crippen LogP contribution in [0, 0.1) is 37.2 Å². The number of hydrogen-bond donors (Lipinski definition) is 1. The predicted molar refractivity (Wildman–Crippen MR) is 212 cm³/mol.